The third kappa shape index (κ3) is 2.40. The van der Waals surface area contributed by atoms with Crippen molar-refractivity contribution in [3.63, 3.8) is 0 Å². The molecule has 3 rings (SSSR count). The Bertz CT molecular complexity index is 724. The van der Waals surface area contributed by atoms with Crippen LogP contribution >= 0.6 is 11.3 Å². The average molecular weight is 297 g/mol. The quantitative estimate of drug-likeness (QED) is 0.850. The smallest absolute Gasteiger partial charge is 0.186 e. The number of aromatic nitrogens is 1. The number of rotatable bonds is 2. The average Bonchev–Trinajstić information content (AvgIpc) is 2.90. The second kappa shape index (κ2) is 4.35. The summed E-state index contributed by atoms with van der Waals surface area (Å²) in [6.45, 7) is 0. The van der Waals surface area contributed by atoms with Crippen LogP contribution < -0.4 is 10.6 Å². The zero-order chi connectivity index (χ0) is 13.6. The van der Waals surface area contributed by atoms with E-state index in [1.807, 2.05) is 30.1 Å². The van der Waals surface area contributed by atoms with Crippen LogP contribution in [0.5, 0.6) is 0 Å². The molecule has 1 saturated heterocycles. The highest BCUT2D eigenvalue weighted by Crippen LogP contribution is 2.32. The predicted octanol–water partition coefficient (Wildman–Crippen LogP) is 1.50. The van der Waals surface area contributed by atoms with E-state index >= 15 is 0 Å². The van der Waals surface area contributed by atoms with Crippen molar-refractivity contribution in [2.24, 2.45) is 0 Å². The molecule has 5 nitrogen and oxygen atoms in total. The van der Waals surface area contributed by atoms with Crippen LogP contribution in [0.15, 0.2) is 18.2 Å². The van der Waals surface area contributed by atoms with E-state index in [1.165, 1.54) is 0 Å². The van der Waals surface area contributed by atoms with Crippen molar-refractivity contribution in [1.82, 2.24) is 4.98 Å². The highest BCUT2D eigenvalue weighted by atomic mass is 32.2. The van der Waals surface area contributed by atoms with Crippen molar-refractivity contribution in [2.75, 3.05) is 29.2 Å². The van der Waals surface area contributed by atoms with Gasteiger partial charge in [0.05, 0.1) is 21.7 Å². The number of nitrogens with two attached hydrogens (primary N) is 1. The van der Waals surface area contributed by atoms with Gasteiger partial charge >= 0.3 is 0 Å². The molecule has 2 heterocycles. The molecule has 0 aliphatic carbocycles. The Balaban J connectivity index is 1.91. The predicted molar refractivity (Wildman–Crippen MR) is 79.5 cm³/mol. The van der Waals surface area contributed by atoms with Gasteiger partial charge in [0.2, 0.25) is 0 Å². The number of hydrogen-bond acceptors (Lipinski definition) is 6. The summed E-state index contributed by atoms with van der Waals surface area (Å²) < 4.78 is 24.1. The summed E-state index contributed by atoms with van der Waals surface area (Å²) in [6, 6.07) is 5.65. The number of thiazole rings is 1. The molecule has 0 saturated carbocycles. The maximum Gasteiger partial charge on any atom is 0.186 e. The number of sulfone groups is 1. The summed E-state index contributed by atoms with van der Waals surface area (Å²) in [5.41, 5.74) is 7.37. The lowest BCUT2D eigenvalue weighted by atomic mass is 10.2. The summed E-state index contributed by atoms with van der Waals surface area (Å²) in [4.78, 5) is 6.52. The van der Waals surface area contributed by atoms with Crippen molar-refractivity contribution < 1.29 is 8.42 Å². The third-order valence-corrected chi connectivity index (χ3v) is 6.32. The first-order valence-electron chi connectivity index (χ1n) is 6.04. The zero-order valence-corrected chi connectivity index (χ0v) is 12.2. The molecule has 0 bridgehead atoms. The molecule has 7 heteroatoms. The van der Waals surface area contributed by atoms with Gasteiger partial charge in [0.15, 0.2) is 15.0 Å². The van der Waals surface area contributed by atoms with Crippen LogP contribution in [0.1, 0.15) is 6.42 Å². The standard InChI is InChI=1S/C12H15N3O2S2/c1-15(9-4-5-19(16,17)7-9)12-14-10-3-2-8(13)6-11(10)18-12/h2-3,6,9H,4-5,7,13H2,1H3. The Morgan fingerprint density at radius 1 is 1.47 bits per heavy atom. The third-order valence-electron chi connectivity index (χ3n) is 3.46. The lowest BCUT2D eigenvalue weighted by Crippen LogP contribution is -2.32. The number of nitrogen functional groups attached to an aromatic ring is 1. The van der Waals surface area contributed by atoms with E-state index < -0.39 is 9.84 Å². The molecular weight excluding hydrogens is 282 g/mol. The minimum absolute atomic E-state index is 0.0305. The Hall–Kier alpha value is -1.34. The van der Waals surface area contributed by atoms with Crippen molar-refractivity contribution >= 4 is 42.2 Å². The normalized spacial score (nSPS) is 21.8. The van der Waals surface area contributed by atoms with Gasteiger partial charge in [0, 0.05) is 18.8 Å². The molecule has 0 radical (unpaired) electrons. The van der Waals surface area contributed by atoms with Crippen LogP contribution in [-0.4, -0.2) is 38.0 Å². The summed E-state index contributed by atoms with van der Waals surface area (Å²) in [5, 5.41) is 0.850. The number of anilines is 2. The second-order valence-corrected chi connectivity index (χ2v) is 8.13. The van der Waals surface area contributed by atoms with E-state index in [2.05, 4.69) is 4.98 Å². The minimum atomic E-state index is -2.87. The number of nitrogens with zero attached hydrogens (tertiary/aromatic N) is 2. The van der Waals surface area contributed by atoms with Crippen molar-refractivity contribution in [2.45, 2.75) is 12.5 Å². The van der Waals surface area contributed by atoms with Crippen LogP contribution in [0.25, 0.3) is 10.2 Å². The Morgan fingerprint density at radius 3 is 2.95 bits per heavy atom. The van der Waals surface area contributed by atoms with Gasteiger partial charge in [-0.2, -0.15) is 0 Å². The second-order valence-electron chi connectivity index (χ2n) is 4.89. The van der Waals surface area contributed by atoms with Gasteiger partial charge in [-0.25, -0.2) is 13.4 Å². The van der Waals surface area contributed by atoms with Gasteiger partial charge < -0.3 is 10.6 Å². The molecule has 1 aliphatic rings. The summed E-state index contributed by atoms with van der Waals surface area (Å²) >= 11 is 1.55. The Labute approximate surface area is 116 Å². The van der Waals surface area contributed by atoms with E-state index in [1.54, 1.807) is 11.3 Å². The summed E-state index contributed by atoms with van der Waals surface area (Å²) in [5.74, 6) is 0.501. The first-order chi connectivity index (χ1) is 8.94. The highest BCUT2D eigenvalue weighted by molar-refractivity contribution is 7.91. The van der Waals surface area contributed by atoms with Crippen molar-refractivity contribution in [1.29, 1.82) is 0 Å². The minimum Gasteiger partial charge on any atom is -0.399 e. The largest absolute Gasteiger partial charge is 0.399 e. The monoisotopic (exact) mass is 297 g/mol. The van der Waals surface area contributed by atoms with Gasteiger partial charge in [0.25, 0.3) is 0 Å². The first kappa shape index (κ1) is 12.7. The van der Waals surface area contributed by atoms with Crippen LogP contribution in [0.2, 0.25) is 0 Å². The molecule has 2 N–H and O–H groups in total. The molecule has 1 atom stereocenters. The zero-order valence-electron chi connectivity index (χ0n) is 10.5. The fraction of sp³-hybridized carbons (Fsp3) is 0.417. The van der Waals surface area contributed by atoms with Gasteiger partial charge in [-0.05, 0) is 24.6 Å². The van der Waals surface area contributed by atoms with E-state index in [4.69, 9.17) is 5.73 Å². The lowest BCUT2D eigenvalue weighted by Gasteiger charge is -2.22. The van der Waals surface area contributed by atoms with Gasteiger partial charge in [-0.3, -0.25) is 0 Å². The fourth-order valence-corrected chi connectivity index (χ4v) is 5.14. The van der Waals surface area contributed by atoms with Gasteiger partial charge in [-0.1, -0.05) is 11.3 Å². The summed E-state index contributed by atoms with van der Waals surface area (Å²) in [6.07, 6.45) is 0.677. The number of fused-ring (bicyclic) bond motifs is 1. The molecule has 102 valence electrons. The number of benzene rings is 1. The topological polar surface area (TPSA) is 76.3 Å². The molecule has 1 unspecified atom stereocenters. The van der Waals surface area contributed by atoms with Gasteiger partial charge in [0.1, 0.15) is 0 Å². The van der Waals surface area contributed by atoms with Crippen molar-refractivity contribution in [3.05, 3.63) is 18.2 Å². The molecular formula is C12H15N3O2S2. The Morgan fingerprint density at radius 2 is 2.26 bits per heavy atom. The lowest BCUT2D eigenvalue weighted by molar-refractivity contribution is 0.601. The maximum absolute atomic E-state index is 11.5. The number of hydrogen-bond donors (Lipinski definition) is 1. The fourth-order valence-electron chi connectivity index (χ4n) is 2.32. The van der Waals surface area contributed by atoms with Crippen LogP contribution in [0.4, 0.5) is 10.8 Å². The molecule has 1 aliphatic heterocycles. The van der Waals surface area contributed by atoms with Crippen LogP contribution in [-0.2, 0) is 9.84 Å². The summed E-state index contributed by atoms with van der Waals surface area (Å²) in [7, 11) is -0.961. The molecule has 2 aromatic rings. The van der Waals surface area contributed by atoms with Gasteiger partial charge in [-0.15, -0.1) is 0 Å². The van der Waals surface area contributed by atoms with E-state index in [-0.39, 0.29) is 17.5 Å². The molecule has 0 amide bonds. The molecule has 0 spiro atoms. The van der Waals surface area contributed by atoms with E-state index in [0.29, 0.717) is 12.1 Å². The molecule has 1 aromatic heterocycles. The Kier molecular flexibility index (Phi) is 2.90. The molecule has 19 heavy (non-hydrogen) atoms. The maximum atomic E-state index is 11.5. The molecule has 1 fully saturated rings. The molecule has 1 aromatic carbocycles. The highest BCUT2D eigenvalue weighted by Gasteiger charge is 2.31. The van der Waals surface area contributed by atoms with Crippen LogP contribution in [0, 0.1) is 0 Å². The van der Waals surface area contributed by atoms with E-state index in [9.17, 15) is 8.42 Å². The van der Waals surface area contributed by atoms with E-state index in [0.717, 1.165) is 15.3 Å². The van der Waals surface area contributed by atoms with Crippen molar-refractivity contribution in [3.8, 4) is 0 Å². The van der Waals surface area contributed by atoms with Crippen LogP contribution in [0.3, 0.4) is 0 Å². The first-order valence-corrected chi connectivity index (χ1v) is 8.68. The SMILES string of the molecule is CN(c1nc2ccc(N)cc2s1)C1CCS(=O)(=O)C1.